The van der Waals surface area contributed by atoms with E-state index in [2.05, 4.69) is 17.2 Å². The quantitative estimate of drug-likeness (QED) is 0.915. The van der Waals surface area contributed by atoms with Crippen LogP contribution in [0.25, 0.3) is 0 Å². The van der Waals surface area contributed by atoms with Crippen LogP contribution in [0.1, 0.15) is 30.1 Å². The Hall–Kier alpha value is -1.13. The normalized spacial score (nSPS) is 18.3. The maximum atomic E-state index is 12.0. The highest BCUT2D eigenvalue weighted by atomic mass is 35.5. The number of halogens is 1. The summed E-state index contributed by atoms with van der Waals surface area (Å²) in [5, 5.41) is 3.32. The first kappa shape index (κ1) is 13.3. The van der Waals surface area contributed by atoms with Crippen molar-refractivity contribution in [2.75, 3.05) is 19.8 Å². The lowest BCUT2D eigenvalue weighted by Gasteiger charge is -2.33. The van der Waals surface area contributed by atoms with Crippen molar-refractivity contribution in [3.63, 3.8) is 0 Å². The summed E-state index contributed by atoms with van der Waals surface area (Å²) >= 11 is 5.93. The van der Waals surface area contributed by atoms with Gasteiger partial charge in [-0.15, -0.1) is 0 Å². The summed E-state index contributed by atoms with van der Waals surface area (Å²) in [4.78, 5) is 15.9. The topological polar surface area (TPSA) is 51.2 Å². The summed E-state index contributed by atoms with van der Waals surface area (Å²) in [7, 11) is 0. The highest BCUT2D eigenvalue weighted by Crippen LogP contribution is 2.28. The van der Waals surface area contributed by atoms with Gasteiger partial charge in [-0.25, -0.2) is 0 Å². The molecule has 0 radical (unpaired) electrons. The van der Waals surface area contributed by atoms with Crippen LogP contribution in [-0.2, 0) is 4.74 Å². The summed E-state index contributed by atoms with van der Waals surface area (Å²) < 4.78 is 5.33. The van der Waals surface area contributed by atoms with Crippen LogP contribution in [0.15, 0.2) is 18.5 Å². The number of carbonyl (C=O) groups is 1. The molecular formula is C13H17ClN2O2. The second-order valence-electron chi connectivity index (χ2n) is 4.96. The molecule has 0 aliphatic carbocycles. The Kier molecular flexibility index (Phi) is 4.19. The van der Waals surface area contributed by atoms with Crippen molar-refractivity contribution >= 4 is 17.5 Å². The first-order valence-electron chi connectivity index (χ1n) is 6.06. The second-order valence-corrected chi connectivity index (χ2v) is 5.37. The molecule has 0 unspecified atom stereocenters. The number of hydrogen-bond acceptors (Lipinski definition) is 3. The highest BCUT2D eigenvalue weighted by molar-refractivity contribution is 6.33. The third kappa shape index (κ3) is 3.21. The van der Waals surface area contributed by atoms with E-state index in [1.54, 1.807) is 12.3 Å². The maximum absolute atomic E-state index is 12.0. The lowest BCUT2D eigenvalue weighted by molar-refractivity contribution is 0.0238. The fraction of sp³-hybridized carbons (Fsp3) is 0.538. The molecule has 18 heavy (non-hydrogen) atoms. The Morgan fingerprint density at radius 2 is 2.28 bits per heavy atom. The number of nitrogens with zero attached hydrogens (tertiary/aromatic N) is 1. The van der Waals surface area contributed by atoms with Gasteiger partial charge in [-0.2, -0.15) is 0 Å². The van der Waals surface area contributed by atoms with Gasteiger partial charge in [-0.1, -0.05) is 18.5 Å². The number of rotatable bonds is 3. The van der Waals surface area contributed by atoms with Crippen molar-refractivity contribution < 1.29 is 9.53 Å². The predicted molar refractivity (Wildman–Crippen MR) is 69.7 cm³/mol. The van der Waals surface area contributed by atoms with Crippen molar-refractivity contribution in [2.45, 2.75) is 19.8 Å². The van der Waals surface area contributed by atoms with E-state index in [9.17, 15) is 4.79 Å². The van der Waals surface area contributed by atoms with E-state index in [0.29, 0.717) is 17.1 Å². The summed E-state index contributed by atoms with van der Waals surface area (Å²) in [5.74, 6) is -0.143. The molecule has 0 atom stereocenters. The zero-order valence-corrected chi connectivity index (χ0v) is 11.2. The van der Waals surface area contributed by atoms with Gasteiger partial charge in [0.05, 0.1) is 10.6 Å². The molecule has 2 heterocycles. The zero-order valence-electron chi connectivity index (χ0n) is 10.4. The van der Waals surface area contributed by atoms with Crippen LogP contribution < -0.4 is 5.32 Å². The molecule has 1 aliphatic rings. The van der Waals surface area contributed by atoms with Gasteiger partial charge < -0.3 is 10.1 Å². The molecule has 5 heteroatoms. The van der Waals surface area contributed by atoms with Crippen LogP contribution in [-0.4, -0.2) is 30.6 Å². The fourth-order valence-corrected chi connectivity index (χ4v) is 2.19. The average Bonchev–Trinajstić information content (AvgIpc) is 2.38. The standard InChI is InChI=1S/C13H17ClN2O2/c1-13(3-6-18-7-4-13)9-16-12(17)10-2-5-15-8-11(10)14/h2,5,8H,3-4,6-7,9H2,1H3,(H,16,17). The van der Waals surface area contributed by atoms with Crippen LogP contribution in [0.3, 0.4) is 0 Å². The smallest absolute Gasteiger partial charge is 0.252 e. The Labute approximate surface area is 112 Å². The van der Waals surface area contributed by atoms with Gasteiger partial charge in [0.1, 0.15) is 0 Å². The first-order chi connectivity index (χ1) is 8.61. The molecular weight excluding hydrogens is 252 g/mol. The number of nitrogens with one attached hydrogen (secondary N) is 1. The summed E-state index contributed by atoms with van der Waals surface area (Å²) in [6.07, 6.45) is 4.98. The van der Waals surface area contributed by atoms with Crippen molar-refractivity contribution in [2.24, 2.45) is 5.41 Å². The van der Waals surface area contributed by atoms with E-state index < -0.39 is 0 Å². The van der Waals surface area contributed by atoms with Crippen molar-refractivity contribution in [1.82, 2.24) is 10.3 Å². The number of aromatic nitrogens is 1. The number of pyridine rings is 1. The van der Waals surface area contributed by atoms with Crippen molar-refractivity contribution in [3.05, 3.63) is 29.0 Å². The van der Waals surface area contributed by atoms with Crippen molar-refractivity contribution in [1.29, 1.82) is 0 Å². The summed E-state index contributed by atoms with van der Waals surface area (Å²) in [6.45, 7) is 4.35. The molecule has 1 amide bonds. The molecule has 0 aromatic carbocycles. The number of carbonyl (C=O) groups excluding carboxylic acids is 1. The molecule has 1 saturated heterocycles. The van der Waals surface area contributed by atoms with Gasteiger partial charge in [0.25, 0.3) is 5.91 Å². The SMILES string of the molecule is CC1(CNC(=O)c2ccncc2Cl)CCOCC1. The number of amides is 1. The monoisotopic (exact) mass is 268 g/mol. The van der Waals surface area contributed by atoms with Crippen LogP contribution >= 0.6 is 11.6 Å². The Morgan fingerprint density at radius 3 is 2.94 bits per heavy atom. The molecule has 1 aromatic rings. The van der Waals surface area contributed by atoms with Crippen LogP contribution in [0.4, 0.5) is 0 Å². The van der Waals surface area contributed by atoms with Gasteiger partial charge >= 0.3 is 0 Å². The Morgan fingerprint density at radius 1 is 1.56 bits per heavy atom. The zero-order chi connectivity index (χ0) is 13.0. The molecule has 2 rings (SSSR count). The summed E-state index contributed by atoms with van der Waals surface area (Å²) in [6, 6.07) is 1.63. The van der Waals surface area contributed by atoms with Gasteiger partial charge in [0.15, 0.2) is 0 Å². The minimum atomic E-state index is -0.143. The predicted octanol–water partition coefficient (Wildman–Crippen LogP) is 2.28. The Balaban J connectivity index is 1.94. The molecule has 0 bridgehead atoms. The van der Waals surface area contributed by atoms with Gasteiger partial charge in [-0.3, -0.25) is 9.78 Å². The molecule has 1 aliphatic heterocycles. The van der Waals surface area contributed by atoms with E-state index in [1.165, 1.54) is 6.20 Å². The van der Waals surface area contributed by atoms with E-state index in [0.717, 1.165) is 26.1 Å². The molecule has 0 spiro atoms. The molecule has 1 N–H and O–H groups in total. The van der Waals surface area contributed by atoms with Crippen LogP contribution in [0, 0.1) is 5.41 Å². The highest BCUT2D eigenvalue weighted by Gasteiger charge is 2.28. The third-order valence-electron chi connectivity index (χ3n) is 3.39. The van der Waals surface area contributed by atoms with E-state index >= 15 is 0 Å². The van der Waals surface area contributed by atoms with Gasteiger partial charge in [0.2, 0.25) is 0 Å². The average molecular weight is 269 g/mol. The lowest BCUT2D eigenvalue weighted by Crippen LogP contribution is -2.39. The Bertz CT molecular complexity index is 431. The molecule has 1 aromatic heterocycles. The maximum Gasteiger partial charge on any atom is 0.252 e. The molecule has 98 valence electrons. The van der Waals surface area contributed by atoms with Gasteiger partial charge in [0, 0.05) is 32.2 Å². The van der Waals surface area contributed by atoms with E-state index in [-0.39, 0.29) is 11.3 Å². The second kappa shape index (κ2) is 5.67. The minimum absolute atomic E-state index is 0.118. The molecule has 1 fully saturated rings. The van der Waals surface area contributed by atoms with Gasteiger partial charge in [-0.05, 0) is 24.3 Å². The molecule has 4 nitrogen and oxygen atoms in total. The fourth-order valence-electron chi connectivity index (χ4n) is 1.99. The van der Waals surface area contributed by atoms with Crippen LogP contribution in [0.2, 0.25) is 5.02 Å². The van der Waals surface area contributed by atoms with Crippen LogP contribution in [0.5, 0.6) is 0 Å². The van der Waals surface area contributed by atoms with E-state index in [1.807, 2.05) is 0 Å². The summed E-state index contributed by atoms with van der Waals surface area (Å²) in [5.41, 5.74) is 0.593. The number of hydrogen-bond donors (Lipinski definition) is 1. The lowest BCUT2D eigenvalue weighted by atomic mass is 9.82. The number of ether oxygens (including phenoxy) is 1. The third-order valence-corrected chi connectivity index (χ3v) is 3.69. The molecule has 0 saturated carbocycles. The van der Waals surface area contributed by atoms with E-state index in [4.69, 9.17) is 16.3 Å². The first-order valence-corrected chi connectivity index (χ1v) is 6.44. The minimum Gasteiger partial charge on any atom is -0.381 e. The largest absolute Gasteiger partial charge is 0.381 e. The van der Waals surface area contributed by atoms with Crippen molar-refractivity contribution in [3.8, 4) is 0 Å².